The van der Waals surface area contributed by atoms with Crippen molar-refractivity contribution in [1.82, 2.24) is 0 Å². The summed E-state index contributed by atoms with van der Waals surface area (Å²) in [6.07, 6.45) is 2.02. The van der Waals surface area contributed by atoms with Crippen molar-refractivity contribution >= 4 is 5.69 Å². The van der Waals surface area contributed by atoms with Crippen LogP contribution in [0.1, 0.15) is 18.4 Å². The van der Waals surface area contributed by atoms with E-state index in [1.165, 1.54) is 12.1 Å². The first kappa shape index (κ1) is 10.4. The lowest BCUT2D eigenvalue weighted by Gasteiger charge is -2.20. The molecule has 15 heavy (non-hydrogen) atoms. The molecule has 1 aliphatic carbocycles. The molecule has 1 aliphatic rings. The van der Waals surface area contributed by atoms with Crippen molar-refractivity contribution in [2.75, 3.05) is 11.9 Å². The molecule has 1 aromatic rings. The number of nitrogens with two attached hydrogens (primary N) is 1. The molecule has 0 saturated heterocycles. The van der Waals surface area contributed by atoms with Crippen molar-refractivity contribution < 1.29 is 8.78 Å². The van der Waals surface area contributed by atoms with Crippen molar-refractivity contribution in [1.29, 1.82) is 0 Å². The molecule has 1 aromatic carbocycles. The molecule has 0 atom stereocenters. The molecule has 0 bridgehead atoms. The van der Waals surface area contributed by atoms with E-state index in [4.69, 9.17) is 5.73 Å². The van der Waals surface area contributed by atoms with Crippen LogP contribution < -0.4 is 10.6 Å². The Kier molecular flexibility index (Phi) is 2.61. The van der Waals surface area contributed by atoms with Gasteiger partial charge in [0.15, 0.2) is 0 Å². The van der Waals surface area contributed by atoms with Gasteiger partial charge >= 0.3 is 0 Å². The number of benzene rings is 1. The minimum absolute atomic E-state index is 0.0645. The third kappa shape index (κ3) is 1.95. The maximum absolute atomic E-state index is 13.6. The number of nitrogens with zero attached hydrogens (tertiary/aromatic N) is 1. The highest BCUT2D eigenvalue weighted by Gasteiger charge is 2.29. The Balaban J connectivity index is 2.37. The summed E-state index contributed by atoms with van der Waals surface area (Å²) in [5.74, 6) is -1.05. The van der Waals surface area contributed by atoms with Gasteiger partial charge in [0.1, 0.15) is 17.3 Å². The summed E-state index contributed by atoms with van der Waals surface area (Å²) in [6, 6.07) is 2.90. The Morgan fingerprint density at radius 1 is 1.33 bits per heavy atom. The van der Waals surface area contributed by atoms with Gasteiger partial charge in [0.05, 0.1) is 0 Å². The smallest absolute Gasteiger partial charge is 0.149 e. The lowest BCUT2D eigenvalue weighted by molar-refractivity contribution is 0.573. The Bertz CT molecular complexity index is 352. The molecular formula is C11H14F2N2. The summed E-state index contributed by atoms with van der Waals surface area (Å²) < 4.78 is 27.2. The highest BCUT2D eigenvalue weighted by atomic mass is 19.1. The molecule has 2 nitrogen and oxygen atoms in total. The van der Waals surface area contributed by atoms with Crippen LogP contribution in [0.25, 0.3) is 0 Å². The van der Waals surface area contributed by atoms with Gasteiger partial charge in [-0.25, -0.2) is 8.78 Å². The Morgan fingerprint density at radius 3 is 2.27 bits per heavy atom. The van der Waals surface area contributed by atoms with Gasteiger partial charge in [-0.2, -0.15) is 0 Å². The van der Waals surface area contributed by atoms with Crippen molar-refractivity contribution in [3.8, 4) is 0 Å². The Hall–Kier alpha value is -1.16. The highest BCUT2D eigenvalue weighted by molar-refractivity contribution is 5.51. The third-order valence-electron chi connectivity index (χ3n) is 2.76. The lowest BCUT2D eigenvalue weighted by atomic mass is 10.1. The van der Waals surface area contributed by atoms with Crippen molar-refractivity contribution in [2.24, 2.45) is 5.73 Å². The number of hydrogen-bond donors (Lipinski definition) is 1. The molecule has 82 valence electrons. The molecule has 2 N–H and O–H groups in total. The molecule has 0 heterocycles. The zero-order chi connectivity index (χ0) is 11.0. The van der Waals surface area contributed by atoms with E-state index in [9.17, 15) is 8.78 Å². The van der Waals surface area contributed by atoms with E-state index >= 15 is 0 Å². The second-order valence-electron chi connectivity index (χ2n) is 3.95. The van der Waals surface area contributed by atoms with Gasteiger partial charge in [0, 0.05) is 19.6 Å². The SMILES string of the molecule is CN(c1c(F)cc(CN)cc1F)C1CC1. The van der Waals surface area contributed by atoms with Gasteiger partial charge in [0.2, 0.25) is 0 Å². The molecule has 0 spiro atoms. The van der Waals surface area contributed by atoms with Gasteiger partial charge in [-0.3, -0.25) is 0 Å². The van der Waals surface area contributed by atoms with Crippen LogP contribution in [0, 0.1) is 11.6 Å². The van der Waals surface area contributed by atoms with Crippen molar-refractivity contribution in [3.05, 3.63) is 29.3 Å². The fourth-order valence-electron chi connectivity index (χ4n) is 1.72. The monoisotopic (exact) mass is 212 g/mol. The van der Waals surface area contributed by atoms with Crippen LogP contribution in [0.15, 0.2) is 12.1 Å². The first-order valence-corrected chi connectivity index (χ1v) is 5.04. The topological polar surface area (TPSA) is 29.3 Å². The Labute approximate surface area is 87.7 Å². The van der Waals surface area contributed by atoms with E-state index < -0.39 is 11.6 Å². The molecule has 0 unspecified atom stereocenters. The summed E-state index contributed by atoms with van der Waals surface area (Å²) in [5, 5.41) is 0. The van der Waals surface area contributed by atoms with Crippen LogP contribution in [-0.2, 0) is 6.54 Å². The third-order valence-corrected chi connectivity index (χ3v) is 2.76. The summed E-state index contributed by atoms with van der Waals surface area (Å²) in [4.78, 5) is 1.67. The molecular weight excluding hydrogens is 198 g/mol. The largest absolute Gasteiger partial charge is 0.367 e. The van der Waals surface area contributed by atoms with Gasteiger partial charge in [-0.1, -0.05) is 0 Å². The maximum Gasteiger partial charge on any atom is 0.149 e. The summed E-state index contributed by atoms with van der Waals surface area (Å²) in [6.45, 7) is 0.154. The molecule has 1 saturated carbocycles. The predicted molar refractivity (Wildman–Crippen MR) is 55.7 cm³/mol. The second kappa shape index (κ2) is 3.77. The molecule has 2 rings (SSSR count). The fraction of sp³-hybridized carbons (Fsp3) is 0.455. The van der Waals surface area contributed by atoms with Crippen LogP contribution in [0.3, 0.4) is 0 Å². The molecule has 0 aromatic heterocycles. The molecule has 0 aliphatic heterocycles. The standard InChI is InChI=1S/C11H14F2N2/c1-15(8-2-3-8)11-9(12)4-7(6-14)5-10(11)13/h4-5,8H,2-3,6,14H2,1H3. The van der Waals surface area contributed by atoms with Crippen LogP contribution in [0.2, 0.25) is 0 Å². The number of anilines is 1. The van der Waals surface area contributed by atoms with E-state index in [2.05, 4.69) is 0 Å². The second-order valence-corrected chi connectivity index (χ2v) is 3.95. The summed E-state index contributed by atoms with van der Waals surface area (Å²) in [5.41, 5.74) is 5.89. The minimum Gasteiger partial charge on any atom is -0.367 e. The van der Waals surface area contributed by atoms with Gasteiger partial charge in [0.25, 0.3) is 0 Å². The lowest BCUT2D eigenvalue weighted by Crippen LogP contribution is -2.22. The van der Waals surface area contributed by atoms with E-state index in [0.29, 0.717) is 5.56 Å². The average Bonchev–Trinajstić information content (AvgIpc) is 2.99. The number of halogens is 2. The van der Waals surface area contributed by atoms with Crippen LogP contribution >= 0.6 is 0 Å². The maximum atomic E-state index is 13.6. The van der Waals surface area contributed by atoms with E-state index in [-0.39, 0.29) is 18.3 Å². The molecule has 4 heteroatoms. The minimum atomic E-state index is -0.523. The molecule has 0 radical (unpaired) electrons. The summed E-state index contributed by atoms with van der Waals surface area (Å²) >= 11 is 0. The summed E-state index contributed by atoms with van der Waals surface area (Å²) in [7, 11) is 1.72. The first-order chi connectivity index (χ1) is 7.13. The van der Waals surface area contributed by atoms with E-state index in [0.717, 1.165) is 12.8 Å². The van der Waals surface area contributed by atoms with Crippen LogP contribution in [0.4, 0.5) is 14.5 Å². The normalized spacial score (nSPS) is 15.5. The van der Waals surface area contributed by atoms with Crippen LogP contribution in [0.5, 0.6) is 0 Å². The zero-order valence-electron chi connectivity index (χ0n) is 8.63. The predicted octanol–water partition coefficient (Wildman–Crippen LogP) is 2.02. The van der Waals surface area contributed by atoms with Gasteiger partial charge < -0.3 is 10.6 Å². The van der Waals surface area contributed by atoms with Gasteiger partial charge in [-0.15, -0.1) is 0 Å². The van der Waals surface area contributed by atoms with E-state index in [1.54, 1.807) is 11.9 Å². The fourth-order valence-corrected chi connectivity index (χ4v) is 1.72. The average molecular weight is 212 g/mol. The number of hydrogen-bond acceptors (Lipinski definition) is 2. The Morgan fingerprint density at radius 2 is 1.87 bits per heavy atom. The van der Waals surface area contributed by atoms with Crippen molar-refractivity contribution in [2.45, 2.75) is 25.4 Å². The molecule has 0 amide bonds. The zero-order valence-corrected chi connectivity index (χ0v) is 8.63. The van der Waals surface area contributed by atoms with Gasteiger partial charge in [-0.05, 0) is 30.5 Å². The van der Waals surface area contributed by atoms with E-state index in [1.807, 2.05) is 0 Å². The van der Waals surface area contributed by atoms with Crippen LogP contribution in [-0.4, -0.2) is 13.1 Å². The quantitative estimate of drug-likeness (QED) is 0.830. The first-order valence-electron chi connectivity index (χ1n) is 5.04. The highest BCUT2D eigenvalue weighted by Crippen LogP contribution is 2.33. The van der Waals surface area contributed by atoms with Crippen molar-refractivity contribution in [3.63, 3.8) is 0 Å². The molecule has 1 fully saturated rings. The number of rotatable bonds is 3.